The van der Waals surface area contributed by atoms with Gasteiger partial charge in [-0.2, -0.15) is 0 Å². The topological polar surface area (TPSA) is 61.9 Å². The summed E-state index contributed by atoms with van der Waals surface area (Å²) >= 11 is 0. The van der Waals surface area contributed by atoms with Crippen molar-refractivity contribution in [2.24, 2.45) is 5.92 Å². The zero-order valence-electron chi connectivity index (χ0n) is 39.4. The minimum atomic E-state index is -0.368. The number of carbonyl (C=O) groups excluding carboxylic acids is 2. The number of hydrogen-bond acceptors (Lipinski definition) is 4. The summed E-state index contributed by atoms with van der Waals surface area (Å²) in [6.07, 6.45) is 49.4. The van der Waals surface area contributed by atoms with Crippen molar-refractivity contribution in [3.63, 3.8) is 0 Å². The van der Waals surface area contributed by atoms with Crippen molar-refractivity contribution in [3.05, 3.63) is 24.3 Å². The van der Waals surface area contributed by atoms with E-state index in [4.69, 9.17) is 4.74 Å². The fourth-order valence-corrected chi connectivity index (χ4v) is 8.59. The molecule has 1 aliphatic heterocycles. The molecule has 2 amide bonds. The van der Waals surface area contributed by atoms with Crippen LogP contribution in [-0.4, -0.2) is 73.6 Å². The molecule has 0 bridgehead atoms. The molecule has 1 heterocycles. The summed E-state index contributed by atoms with van der Waals surface area (Å²) in [6, 6.07) is -0.368. The third kappa shape index (κ3) is 31.2. The number of allylic oxidation sites excluding steroid dienone is 4. The Bertz CT molecular complexity index is 962. The Morgan fingerprint density at radius 2 is 1.07 bits per heavy atom. The van der Waals surface area contributed by atoms with E-state index >= 15 is 0 Å². The van der Waals surface area contributed by atoms with Crippen molar-refractivity contribution in [1.29, 1.82) is 0 Å². The van der Waals surface area contributed by atoms with Gasteiger partial charge in [-0.05, 0) is 63.7 Å². The van der Waals surface area contributed by atoms with Gasteiger partial charge in [0.05, 0.1) is 13.2 Å². The minimum Gasteiger partial charge on any atom is -0.379 e. The Morgan fingerprint density at radius 1 is 0.586 bits per heavy atom. The molecule has 6 nitrogen and oxygen atoms in total. The first-order chi connectivity index (χ1) is 28.6. The van der Waals surface area contributed by atoms with Gasteiger partial charge in [0, 0.05) is 39.1 Å². The van der Waals surface area contributed by atoms with E-state index < -0.39 is 0 Å². The largest absolute Gasteiger partial charge is 0.379 e. The third-order valence-electron chi connectivity index (χ3n) is 12.5. The first-order valence-corrected chi connectivity index (χ1v) is 25.8. The molecular formula is C52H99N3O3. The second-order valence-electron chi connectivity index (χ2n) is 17.7. The molecule has 0 saturated carbocycles. The van der Waals surface area contributed by atoms with E-state index in [-0.39, 0.29) is 23.8 Å². The molecule has 2 atom stereocenters. The normalized spacial score (nSPS) is 14.8. The van der Waals surface area contributed by atoms with Gasteiger partial charge >= 0.3 is 0 Å². The van der Waals surface area contributed by atoms with Crippen LogP contribution in [0.3, 0.4) is 0 Å². The van der Waals surface area contributed by atoms with Crippen LogP contribution in [0, 0.1) is 5.92 Å². The van der Waals surface area contributed by atoms with Gasteiger partial charge < -0.3 is 15.0 Å². The number of unbranched alkanes of at least 4 members (excludes halogenated alkanes) is 24. The van der Waals surface area contributed by atoms with Crippen molar-refractivity contribution in [2.45, 2.75) is 246 Å². The molecule has 0 aromatic carbocycles. The lowest BCUT2D eigenvalue weighted by Crippen LogP contribution is -2.54. The van der Waals surface area contributed by atoms with Crippen molar-refractivity contribution < 1.29 is 14.3 Å². The molecule has 2 unspecified atom stereocenters. The van der Waals surface area contributed by atoms with E-state index in [1.54, 1.807) is 0 Å². The summed E-state index contributed by atoms with van der Waals surface area (Å²) in [5.41, 5.74) is 0. The summed E-state index contributed by atoms with van der Waals surface area (Å²) in [4.78, 5) is 32.8. The molecule has 1 saturated heterocycles. The van der Waals surface area contributed by atoms with Crippen molar-refractivity contribution in [2.75, 3.05) is 45.9 Å². The lowest BCUT2D eigenvalue weighted by molar-refractivity contribution is -0.143. The smallest absolute Gasteiger partial charge is 0.243 e. The molecule has 0 spiro atoms. The quantitative estimate of drug-likeness (QED) is 0.0493. The molecule has 0 aromatic rings. The average molecular weight is 814 g/mol. The first-order valence-electron chi connectivity index (χ1n) is 25.8. The molecule has 0 aliphatic carbocycles. The Morgan fingerprint density at radius 3 is 1.62 bits per heavy atom. The average Bonchev–Trinajstić information content (AvgIpc) is 3.24. The van der Waals surface area contributed by atoms with Gasteiger partial charge in [-0.1, -0.05) is 200 Å². The Hall–Kier alpha value is -1.66. The highest BCUT2D eigenvalue weighted by Gasteiger charge is 2.35. The highest BCUT2D eigenvalue weighted by molar-refractivity contribution is 5.88. The summed E-state index contributed by atoms with van der Waals surface area (Å²) in [6.45, 7) is 14.8. The number of morpholine rings is 1. The van der Waals surface area contributed by atoms with Crippen LogP contribution in [0.1, 0.15) is 240 Å². The number of amides is 2. The Kier molecular flexibility index (Phi) is 39.4. The fourth-order valence-electron chi connectivity index (χ4n) is 8.59. The van der Waals surface area contributed by atoms with Gasteiger partial charge in [0.25, 0.3) is 0 Å². The molecule has 1 N–H and O–H groups in total. The third-order valence-corrected chi connectivity index (χ3v) is 12.5. The molecule has 6 heteroatoms. The van der Waals surface area contributed by atoms with Crippen LogP contribution < -0.4 is 5.32 Å². The summed E-state index contributed by atoms with van der Waals surface area (Å²) in [5.74, 6) is 0.469. The number of nitrogens with one attached hydrogen (secondary N) is 1. The van der Waals surface area contributed by atoms with E-state index in [2.05, 4.69) is 62.2 Å². The number of carbonyl (C=O) groups is 2. The first kappa shape index (κ1) is 54.4. The van der Waals surface area contributed by atoms with E-state index in [1.807, 2.05) is 4.90 Å². The summed E-state index contributed by atoms with van der Waals surface area (Å²) in [7, 11) is 0. The molecule has 340 valence electrons. The van der Waals surface area contributed by atoms with Crippen molar-refractivity contribution in [1.82, 2.24) is 15.1 Å². The number of hydrogen-bond donors (Lipinski definition) is 1. The maximum atomic E-state index is 14.1. The van der Waals surface area contributed by atoms with Gasteiger partial charge in [-0.25, -0.2) is 0 Å². The second-order valence-corrected chi connectivity index (χ2v) is 17.7. The van der Waals surface area contributed by atoms with Crippen LogP contribution in [-0.2, 0) is 14.3 Å². The van der Waals surface area contributed by atoms with Crippen LogP contribution >= 0.6 is 0 Å². The van der Waals surface area contributed by atoms with E-state index in [0.29, 0.717) is 13.0 Å². The molecule has 1 rings (SSSR count). The van der Waals surface area contributed by atoms with Crippen LogP contribution in [0.2, 0.25) is 0 Å². The maximum Gasteiger partial charge on any atom is 0.243 e. The number of nitrogens with zero attached hydrogens (tertiary/aromatic N) is 2. The SMILES string of the molecule is CCCCC/C=C\C/C=C\CCCCCCCC(=O)N(CCCN1CCOCC1)C(C(=O)NCCCCCCCCCCCCCCCCCC)C(CC)CCCC. The van der Waals surface area contributed by atoms with Crippen LogP contribution in [0.15, 0.2) is 24.3 Å². The molecule has 0 aromatic heterocycles. The lowest BCUT2D eigenvalue weighted by atomic mass is 9.89. The summed E-state index contributed by atoms with van der Waals surface area (Å²) in [5, 5.41) is 3.35. The zero-order chi connectivity index (χ0) is 42.0. The van der Waals surface area contributed by atoms with Crippen LogP contribution in [0.4, 0.5) is 0 Å². The Labute approximate surface area is 361 Å². The standard InChI is InChI=1S/C52H99N3O3/c1-5-9-12-14-16-18-20-22-24-26-28-30-32-34-36-38-42-53-52(57)51(49(8-4)40-11-7-3)55(44-39-43-54-45-47-58-48-46-54)50(56)41-37-35-33-31-29-27-25-23-21-19-17-15-13-10-6-2/h17,19,23,25,49,51H,5-16,18,20-22,24,26-48H2,1-4H3,(H,53,57)/b19-17-,25-23-. The van der Waals surface area contributed by atoms with Gasteiger partial charge in [-0.3, -0.25) is 14.5 Å². The molecule has 58 heavy (non-hydrogen) atoms. The van der Waals surface area contributed by atoms with E-state index in [9.17, 15) is 9.59 Å². The maximum absolute atomic E-state index is 14.1. The number of rotatable bonds is 42. The van der Waals surface area contributed by atoms with Crippen LogP contribution in [0.5, 0.6) is 0 Å². The predicted octanol–water partition coefficient (Wildman–Crippen LogP) is 14.3. The molecular weight excluding hydrogens is 715 g/mol. The number of ether oxygens (including phenoxy) is 1. The highest BCUT2D eigenvalue weighted by Crippen LogP contribution is 2.24. The van der Waals surface area contributed by atoms with Gasteiger partial charge in [0.1, 0.15) is 6.04 Å². The monoisotopic (exact) mass is 814 g/mol. The summed E-state index contributed by atoms with van der Waals surface area (Å²) < 4.78 is 5.58. The zero-order valence-corrected chi connectivity index (χ0v) is 39.4. The highest BCUT2D eigenvalue weighted by atomic mass is 16.5. The fraction of sp³-hybridized carbons (Fsp3) is 0.885. The van der Waals surface area contributed by atoms with Crippen LogP contribution in [0.25, 0.3) is 0 Å². The van der Waals surface area contributed by atoms with Crippen molar-refractivity contribution >= 4 is 11.8 Å². The molecule has 0 radical (unpaired) electrons. The minimum absolute atomic E-state index is 0.0867. The van der Waals surface area contributed by atoms with E-state index in [0.717, 1.165) is 104 Å². The van der Waals surface area contributed by atoms with Gasteiger partial charge in [0.2, 0.25) is 11.8 Å². The van der Waals surface area contributed by atoms with Gasteiger partial charge in [-0.15, -0.1) is 0 Å². The van der Waals surface area contributed by atoms with Gasteiger partial charge in [0.15, 0.2) is 0 Å². The second kappa shape index (κ2) is 42.0. The predicted molar refractivity (Wildman–Crippen MR) is 253 cm³/mol. The Balaban J connectivity index is 2.56. The van der Waals surface area contributed by atoms with E-state index in [1.165, 1.54) is 141 Å². The molecule has 1 fully saturated rings. The molecule has 1 aliphatic rings. The lowest BCUT2D eigenvalue weighted by Gasteiger charge is -2.37. The van der Waals surface area contributed by atoms with Crippen molar-refractivity contribution in [3.8, 4) is 0 Å².